The Hall–Kier alpha value is -0.770. The van der Waals surface area contributed by atoms with Gasteiger partial charge in [-0.1, -0.05) is 12.8 Å². The van der Waals surface area contributed by atoms with Gasteiger partial charge in [-0.15, -0.1) is 0 Å². The number of hydrogen-bond acceptors (Lipinski definition) is 2. The van der Waals surface area contributed by atoms with Crippen LogP contribution in [0.25, 0.3) is 0 Å². The molecule has 0 radical (unpaired) electrons. The number of hydrogen-bond donors (Lipinski definition) is 1. The lowest BCUT2D eigenvalue weighted by Crippen LogP contribution is -2.46. The molecule has 2 N–H and O–H groups in total. The molecule has 0 aromatic rings. The third-order valence-electron chi connectivity index (χ3n) is 5.68. The molecule has 1 saturated heterocycles. The van der Waals surface area contributed by atoms with E-state index in [2.05, 4.69) is 0 Å². The van der Waals surface area contributed by atoms with Gasteiger partial charge in [0.2, 0.25) is 0 Å². The fourth-order valence-electron chi connectivity index (χ4n) is 4.73. The molecule has 4 nitrogen and oxygen atoms in total. The Morgan fingerprint density at radius 1 is 1.16 bits per heavy atom. The van der Waals surface area contributed by atoms with Gasteiger partial charge >= 0.3 is 6.03 Å². The Morgan fingerprint density at radius 3 is 2.16 bits per heavy atom. The predicted molar refractivity (Wildman–Crippen MR) is 75.7 cm³/mol. The molecule has 2 aliphatic carbocycles. The zero-order valence-corrected chi connectivity index (χ0v) is 12.3. The maximum absolute atomic E-state index is 12.0. The average molecular weight is 265 g/mol. The number of rotatable bonds is 1. The maximum atomic E-state index is 12.0. The van der Waals surface area contributed by atoms with Crippen LogP contribution in [0.1, 0.15) is 38.5 Å². The molecule has 3 atom stereocenters. The Morgan fingerprint density at radius 2 is 1.68 bits per heavy atom. The van der Waals surface area contributed by atoms with Crippen molar-refractivity contribution in [2.24, 2.45) is 23.5 Å². The molecular formula is C15H27N3O. The van der Waals surface area contributed by atoms with Crippen LogP contribution < -0.4 is 5.73 Å². The Labute approximate surface area is 116 Å². The highest BCUT2D eigenvalue weighted by Gasteiger charge is 2.51. The van der Waals surface area contributed by atoms with Crippen LogP contribution in [0.4, 0.5) is 4.79 Å². The zero-order valence-electron chi connectivity index (χ0n) is 12.3. The maximum Gasteiger partial charge on any atom is 0.319 e. The number of nitrogens with two attached hydrogens (primary N) is 1. The summed E-state index contributed by atoms with van der Waals surface area (Å²) in [4.78, 5) is 15.7. The lowest BCUT2D eigenvalue weighted by Gasteiger charge is -2.33. The summed E-state index contributed by atoms with van der Waals surface area (Å²) >= 11 is 0. The van der Waals surface area contributed by atoms with Crippen molar-refractivity contribution in [3.8, 4) is 0 Å². The van der Waals surface area contributed by atoms with E-state index in [1.54, 1.807) is 4.90 Å². The molecule has 4 heteroatoms. The molecule has 1 unspecified atom stereocenters. The topological polar surface area (TPSA) is 49.6 Å². The van der Waals surface area contributed by atoms with Gasteiger partial charge in [0.25, 0.3) is 0 Å². The van der Waals surface area contributed by atoms with Gasteiger partial charge in [0.05, 0.1) is 0 Å². The van der Waals surface area contributed by atoms with Crippen molar-refractivity contribution in [2.75, 3.05) is 27.2 Å². The average Bonchev–Trinajstić information content (AvgIpc) is 3.00. The highest BCUT2D eigenvalue weighted by Crippen LogP contribution is 2.49. The van der Waals surface area contributed by atoms with Crippen molar-refractivity contribution >= 4 is 6.03 Å². The van der Waals surface area contributed by atoms with E-state index in [0.717, 1.165) is 31.8 Å². The fourth-order valence-corrected chi connectivity index (χ4v) is 4.73. The van der Waals surface area contributed by atoms with E-state index in [-0.39, 0.29) is 11.6 Å². The smallest absolute Gasteiger partial charge is 0.319 e. The van der Waals surface area contributed by atoms with E-state index in [1.807, 2.05) is 19.0 Å². The standard InChI is InChI=1S/C15H27N3O/c1-17(2)14(19)18-9-11-7-15(16,8-12(11)10-18)13-5-3-4-6-13/h11-13H,3-10,16H2,1-2H3/t11-,12+,15?. The number of amides is 2. The van der Waals surface area contributed by atoms with E-state index in [0.29, 0.717) is 11.8 Å². The van der Waals surface area contributed by atoms with Crippen molar-refractivity contribution in [2.45, 2.75) is 44.1 Å². The van der Waals surface area contributed by atoms with Crippen LogP contribution in [0.3, 0.4) is 0 Å². The SMILES string of the molecule is CN(C)C(=O)N1C[C@@H]2CC(N)(C3CCCC3)C[C@@H]2C1. The lowest BCUT2D eigenvalue weighted by molar-refractivity contribution is 0.172. The second-order valence-electron chi connectivity index (χ2n) is 7.22. The minimum absolute atomic E-state index is 0.0824. The summed E-state index contributed by atoms with van der Waals surface area (Å²) in [6.45, 7) is 1.85. The van der Waals surface area contributed by atoms with Gasteiger partial charge in [-0.05, 0) is 43.4 Å². The number of likely N-dealkylation sites (tertiary alicyclic amines) is 1. The van der Waals surface area contributed by atoms with Crippen LogP contribution in [0.15, 0.2) is 0 Å². The first kappa shape index (κ1) is 13.2. The van der Waals surface area contributed by atoms with E-state index in [4.69, 9.17) is 5.73 Å². The monoisotopic (exact) mass is 265 g/mol. The molecule has 19 heavy (non-hydrogen) atoms. The number of nitrogens with zero attached hydrogens (tertiary/aromatic N) is 2. The highest BCUT2D eigenvalue weighted by atomic mass is 16.2. The zero-order chi connectivity index (χ0) is 13.6. The van der Waals surface area contributed by atoms with Crippen LogP contribution in [0, 0.1) is 17.8 Å². The van der Waals surface area contributed by atoms with E-state index < -0.39 is 0 Å². The van der Waals surface area contributed by atoms with E-state index in [9.17, 15) is 4.79 Å². The molecule has 108 valence electrons. The van der Waals surface area contributed by atoms with Crippen LogP contribution in [-0.4, -0.2) is 48.6 Å². The van der Waals surface area contributed by atoms with Gasteiger partial charge in [0, 0.05) is 32.7 Å². The highest BCUT2D eigenvalue weighted by molar-refractivity contribution is 5.74. The first-order valence-electron chi connectivity index (χ1n) is 7.75. The summed E-state index contributed by atoms with van der Waals surface area (Å²) in [6.07, 6.45) is 7.67. The molecule has 3 aliphatic rings. The summed E-state index contributed by atoms with van der Waals surface area (Å²) in [6, 6.07) is 0.165. The third-order valence-corrected chi connectivity index (χ3v) is 5.68. The van der Waals surface area contributed by atoms with Crippen LogP contribution >= 0.6 is 0 Å². The molecule has 1 heterocycles. The normalized spacial score (nSPS) is 38.8. The largest absolute Gasteiger partial charge is 0.331 e. The second kappa shape index (κ2) is 4.65. The summed E-state index contributed by atoms with van der Waals surface area (Å²) in [5.41, 5.74) is 6.80. The van der Waals surface area contributed by atoms with E-state index >= 15 is 0 Å². The van der Waals surface area contributed by atoms with Crippen molar-refractivity contribution in [1.82, 2.24) is 9.80 Å². The number of carbonyl (C=O) groups is 1. The van der Waals surface area contributed by atoms with Gasteiger partial charge in [-0.25, -0.2) is 4.79 Å². The molecule has 3 fully saturated rings. The number of carbonyl (C=O) groups excluding carboxylic acids is 1. The van der Waals surface area contributed by atoms with Gasteiger partial charge in [-0.3, -0.25) is 0 Å². The number of fused-ring (bicyclic) bond motifs is 1. The Balaban J connectivity index is 1.62. The van der Waals surface area contributed by atoms with Crippen LogP contribution in [-0.2, 0) is 0 Å². The summed E-state index contributed by atoms with van der Waals surface area (Å²) in [5.74, 6) is 2.04. The van der Waals surface area contributed by atoms with E-state index in [1.165, 1.54) is 25.7 Å². The second-order valence-corrected chi connectivity index (χ2v) is 7.22. The van der Waals surface area contributed by atoms with Crippen LogP contribution in [0.2, 0.25) is 0 Å². The molecule has 0 aromatic heterocycles. The van der Waals surface area contributed by atoms with Crippen LogP contribution in [0.5, 0.6) is 0 Å². The Kier molecular flexibility index (Phi) is 3.24. The van der Waals surface area contributed by atoms with Crippen molar-refractivity contribution in [1.29, 1.82) is 0 Å². The third kappa shape index (κ3) is 2.24. The van der Waals surface area contributed by atoms with Gasteiger partial charge in [0.15, 0.2) is 0 Å². The van der Waals surface area contributed by atoms with Crippen molar-refractivity contribution < 1.29 is 4.79 Å². The van der Waals surface area contributed by atoms with Gasteiger partial charge < -0.3 is 15.5 Å². The predicted octanol–water partition coefficient (Wildman–Crippen LogP) is 1.90. The Bertz CT molecular complexity index is 348. The summed E-state index contributed by atoms with van der Waals surface area (Å²) < 4.78 is 0. The first-order chi connectivity index (χ1) is 8.99. The number of urea groups is 1. The fraction of sp³-hybridized carbons (Fsp3) is 0.933. The molecule has 2 saturated carbocycles. The van der Waals surface area contributed by atoms with Crippen molar-refractivity contribution in [3.05, 3.63) is 0 Å². The van der Waals surface area contributed by atoms with Gasteiger partial charge in [0.1, 0.15) is 0 Å². The first-order valence-corrected chi connectivity index (χ1v) is 7.75. The summed E-state index contributed by atoms with van der Waals surface area (Å²) in [7, 11) is 3.67. The minimum Gasteiger partial charge on any atom is -0.331 e. The minimum atomic E-state index is 0.0824. The van der Waals surface area contributed by atoms with Gasteiger partial charge in [-0.2, -0.15) is 0 Å². The quantitative estimate of drug-likeness (QED) is 0.787. The summed E-state index contributed by atoms with van der Waals surface area (Å²) in [5, 5.41) is 0. The lowest BCUT2D eigenvalue weighted by atomic mass is 9.81. The molecular weight excluding hydrogens is 238 g/mol. The van der Waals surface area contributed by atoms with Crippen molar-refractivity contribution in [3.63, 3.8) is 0 Å². The molecule has 3 rings (SSSR count). The molecule has 0 aromatic carbocycles. The molecule has 1 aliphatic heterocycles. The molecule has 0 bridgehead atoms. The molecule has 0 spiro atoms. The molecule has 2 amide bonds.